The number of nitrogens with zero attached hydrogens (tertiary/aromatic N) is 5. The number of carbonyl (C=O) groups is 2. The maximum Gasteiger partial charge on any atom is 0.332 e. The quantitative estimate of drug-likeness (QED) is 0.700. The summed E-state index contributed by atoms with van der Waals surface area (Å²) in [6, 6.07) is -0.269. The fourth-order valence-corrected chi connectivity index (χ4v) is 3.50. The maximum absolute atomic E-state index is 12.6. The summed E-state index contributed by atoms with van der Waals surface area (Å²) in [5, 5.41) is 2.66. The highest BCUT2D eigenvalue weighted by Crippen LogP contribution is 2.30. The van der Waals surface area contributed by atoms with Gasteiger partial charge in [-0.2, -0.15) is 0 Å². The van der Waals surface area contributed by atoms with Crippen LogP contribution in [-0.4, -0.2) is 54.0 Å². The van der Waals surface area contributed by atoms with Gasteiger partial charge in [0.2, 0.25) is 11.8 Å². The first kappa shape index (κ1) is 16.6. The van der Waals surface area contributed by atoms with Crippen molar-refractivity contribution in [3.8, 4) is 0 Å². The number of hydrogen-bond acceptors (Lipinski definition) is 5. The van der Waals surface area contributed by atoms with Crippen LogP contribution in [0.25, 0.3) is 11.2 Å². The van der Waals surface area contributed by atoms with Crippen molar-refractivity contribution < 1.29 is 9.59 Å². The van der Waals surface area contributed by atoms with Gasteiger partial charge in [0.05, 0.1) is 6.33 Å². The molecule has 2 amide bonds. The number of fused-ring (bicyclic) bond motifs is 1. The molecule has 4 rings (SSSR count). The highest BCUT2D eigenvalue weighted by Gasteiger charge is 2.40. The Kier molecular flexibility index (Phi) is 3.70. The van der Waals surface area contributed by atoms with Gasteiger partial charge in [-0.1, -0.05) is 0 Å². The number of imidazole rings is 1. The van der Waals surface area contributed by atoms with Crippen LogP contribution in [0.3, 0.4) is 0 Å². The number of hydrogen-bond donors (Lipinski definition) is 1. The fourth-order valence-electron chi connectivity index (χ4n) is 3.50. The molecule has 1 N–H and O–H groups in total. The molecule has 0 radical (unpaired) electrons. The van der Waals surface area contributed by atoms with Gasteiger partial charge in [-0.15, -0.1) is 0 Å². The average Bonchev–Trinajstić information content (AvgIpc) is 3.28. The first-order chi connectivity index (χ1) is 12.4. The Labute approximate surface area is 148 Å². The van der Waals surface area contributed by atoms with E-state index in [-0.39, 0.29) is 17.1 Å². The summed E-state index contributed by atoms with van der Waals surface area (Å²) < 4.78 is 3.62. The van der Waals surface area contributed by atoms with Crippen LogP contribution >= 0.6 is 0 Å². The van der Waals surface area contributed by atoms with Crippen molar-refractivity contribution in [2.75, 3.05) is 6.54 Å². The zero-order valence-corrected chi connectivity index (χ0v) is 14.6. The van der Waals surface area contributed by atoms with Crippen molar-refractivity contribution in [2.24, 2.45) is 14.1 Å². The molecule has 0 aromatic carbocycles. The van der Waals surface area contributed by atoms with Gasteiger partial charge >= 0.3 is 5.69 Å². The lowest BCUT2D eigenvalue weighted by atomic mass is 10.2. The number of rotatable bonds is 4. The van der Waals surface area contributed by atoms with Crippen LogP contribution in [0.4, 0.5) is 0 Å². The molecule has 2 aromatic rings. The van der Waals surface area contributed by atoms with E-state index in [1.54, 1.807) is 11.9 Å². The SMILES string of the molecule is Cn1cnc2c1c(=O)n(CC(=O)NC1CCN(C3CC3)C1=O)c(=O)n2C. The molecule has 138 valence electrons. The molecule has 2 aliphatic rings. The molecule has 1 aliphatic heterocycles. The van der Waals surface area contributed by atoms with Crippen LogP contribution in [0.5, 0.6) is 0 Å². The minimum Gasteiger partial charge on any atom is -0.343 e. The van der Waals surface area contributed by atoms with E-state index in [9.17, 15) is 19.2 Å². The Morgan fingerprint density at radius 2 is 1.96 bits per heavy atom. The van der Waals surface area contributed by atoms with E-state index in [2.05, 4.69) is 10.3 Å². The summed E-state index contributed by atoms with van der Waals surface area (Å²) in [6.07, 6.45) is 4.03. The van der Waals surface area contributed by atoms with Gasteiger partial charge in [0.15, 0.2) is 11.2 Å². The molecule has 2 aromatic heterocycles. The Hall–Kier alpha value is -2.91. The van der Waals surface area contributed by atoms with Gasteiger partial charge < -0.3 is 14.8 Å². The summed E-state index contributed by atoms with van der Waals surface area (Å²) in [7, 11) is 3.15. The Balaban J connectivity index is 1.56. The van der Waals surface area contributed by atoms with E-state index in [1.807, 2.05) is 0 Å². The Bertz CT molecular complexity index is 1030. The summed E-state index contributed by atoms with van der Waals surface area (Å²) in [5.74, 6) is -0.607. The first-order valence-electron chi connectivity index (χ1n) is 8.59. The van der Waals surface area contributed by atoms with E-state index in [0.29, 0.717) is 19.0 Å². The number of likely N-dealkylation sites (tertiary alicyclic amines) is 1. The van der Waals surface area contributed by atoms with Crippen molar-refractivity contribution >= 4 is 23.0 Å². The van der Waals surface area contributed by atoms with Crippen molar-refractivity contribution in [3.63, 3.8) is 0 Å². The molecule has 0 spiro atoms. The van der Waals surface area contributed by atoms with Gasteiger partial charge in [0.1, 0.15) is 12.6 Å². The molecule has 1 unspecified atom stereocenters. The van der Waals surface area contributed by atoms with E-state index >= 15 is 0 Å². The summed E-state index contributed by atoms with van der Waals surface area (Å²) in [6.45, 7) is 0.205. The first-order valence-corrected chi connectivity index (χ1v) is 8.59. The molecule has 10 heteroatoms. The Morgan fingerprint density at radius 1 is 1.23 bits per heavy atom. The van der Waals surface area contributed by atoms with E-state index in [4.69, 9.17) is 0 Å². The lowest BCUT2D eigenvalue weighted by Crippen LogP contribution is -2.47. The number of aryl methyl sites for hydroxylation is 2. The van der Waals surface area contributed by atoms with Crippen LogP contribution in [-0.2, 0) is 30.2 Å². The predicted molar refractivity (Wildman–Crippen MR) is 91.5 cm³/mol. The number of nitrogens with one attached hydrogen (secondary N) is 1. The van der Waals surface area contributed by atoms with E-state index in [0.717, 1.165) is 17.4 Å². The highest BCUT2D eigenvalue weighted by atomic mass is 16.2. The van der Waals surface area contributed by atoms with E-state index < -0.39 is 29.7 Å². The molecule has 1 atom stereocenters. The Morgan fingerprint density at radius 3 is 2.65 bits per heavy atom. The third kappa shape index (κ3) is 2.52. The molecule has 0 bridgehead atoms. The van der Waals surface area contributed by atoms with Crippen LogP contribution in [0.15, 0.2) is 15.9 Å². The average molecular weight is 360 g/mol. The summed E-state index contributed by atoms with van der Waals surface area (Å²) in [5.41, 5.74) is -0.675. The van der Waals surface area contributed by atoms with Crippen molar-refractivity contribution in [2.45, 2.75) is 37.9 Å². The lowest BCUT2D eigenvalue weighted by molar-refractivity contribution is -0.133. The molecule has 10 nitrogen and oxygen atoms in total. The second-order valence-corrected chi connectivity index (χ2v) is 6.93. The summed E-state index contributed by atoms with van der Waals surface area (Å²) >= 11 is 0. The standard InChI is InChI=1S/C16H20N6O4/c1-19-8-17-13-12(19)15(25)22(16(26)20(13)2)7-11(23)18-10-5-6-21(14(10)24)9-3-4-9/h8-10H,3-7H2,1-2H3,(H,18,23). The normalized spacial score (nSPS) is 20.2. The van der Waals surface area contributed by atoms with Gasteiger partial charge in [-0.25, -0.2) is 14.3 Å². The monoisotopic (exact) mass is 360 g/mol. The fraction of sp³-hybridized carbons (Fsp3) is 0.562. The molecule has 26 heavy (non-hydrogen) atoms. The number of aromatic nitrogens is 4. The van der Waals surface area contributed by atoms with Gasteiger partial charge in [-0.3, -0.25) is 19.0 Å². The maximum atomic E-state index is 12.6. The van der Waals surface area contributed by atoms with Gasteiger partial charge in [-0.05, 0) is 19.3 Å². The van der Waals surface area contributed by atoms with Crippen LogP contribution in [0.2, 0.25) is 0 Å². The van der Waals surface area contributed by atoms with Crippen molar-refractivity contribution in [1.29, 1.82) is 0 Å². The molecule has 3 heterocycles. The second kappa shape index (κ2) is 5.82. The predicted octanol–water partition coefficient (Wildman–Crippen LogP) is -1.69. The van der Waals surface area contributed by atoms with Crippen molar-refractivity contribution in [3.05, 3.63) is 27.2 Å². The number of amides is 2. The van der Waals surface area contributed by atoms with E-state index in [1.165, 1.54) is 22.5 Å². The molecule has 2 fully saturated rings. The number of carbonyl (C=O) groups excluding carboxylic acids is 2. The molecular formula is C16H20N6O4. The zero-order valence-electron chi connectivity index (χ0n) is 14.6. The smallest absolute Gasteiger partial charge is 0.332 e. The second-order valence-electron chi connectivity index (χ2n) is 6.93. The summed E-state index contributed by atoms with van der Waals surface area (Å²) in [4.78, 5) is 55.6. The molecule has 1 saturated carbocycles. The highest BCUT2D eigenvalue weighted by molar-refractivity contribution is 5.89. The third-order valence-corrected chi connectivity index (χ3v) is 5.07. The molecule has 1 saturated heterocycles. The van der Waals surface area contributed by atoms with Gasteiger partial charge in [0, 0.05) is 26.7 Å². The van der Waals surface area contributed by atoms with Crippen molar-refractivity contribution in [1.82, 2.24) is 28.9 Å². The van der Waals surface area contributed by atoms with Gasteiger partial charge in [0.25, 0.3) is 5.56 Å². The van der Waals surface area contributed by atoms with Crippen LogP contribution < -0.4 is 16.6 Å². The van der Waals surface area contributed by atoms with Crippen LogP contribution in [0, 0.1) is 0 Å². The third-order valence-electron chi connectivity index (χ3n) is 5.07. The minimum atomic E-state index is -0.617. The lowest BCUT2D eigenvalue weighted by Gasteiger charge is -2.16. The molecular weight excluding hydrogens is 340 g/mol. The molecule has 1 aliphatic carbocycles. The topological polar surface area (TPSA) is 111 Å². The largest absolute Gasteiger partial charge is 0.343 e. The van der Waals surface area contributed by atoms with Crippen LogP contribution in [0.1, 0.15) is 19.3 Å². The minimum absolute atomic E-state index is 0.0804. The zero-order chi connectivity index (χ0) is 18.6.